The van der Waals surface area contributed by atoms with Crippen molar-refractivity contribution >= 4 is 0 Å². The van der Waals surface area contributed by atoms with Crippen LogP contribution in [-0.2, 0) is 11.8 Å². The Labute approximate surface area is 141 Å². The molecule has 2 unspecified atom stereocenters. The summed E-state index contributed by atoms with van der Waals surface area (Å²) in [7, 11) is -1.07. The van der Waals surface area contributed by atoms with Crippen LogP contribution in [0.4, 0.5) is 0 Å². The van der Waals surface area contributed by atoms with Crippen LogP contribution in [0.15, 0.2) is 24.3 Å². The second-order valence-corrected chi connectivity index (χ2v) is 6.32. The van der Waals surface area contributed by atoms with Gasteiger partial charge in [0.2, 0.25) is 1.43 Å². The fourth-order valence-corrected chi connectivity index (χ4v) is 4.44. The van der Waals surface area contributed by atoms with Gasteiger partial charge in [0.05, 0.1) is 12.5 Å². The van der Waals surface area contributed by atoms with Crippen LogP contribution in [0.3, 0.4) is 0 Å². The summed E-state index contributed by atoms with van der Waals surface area (Å²) in [4.78, 5) is 1.66. The zero-order valence-electron chi connectivity index (χ0n) is 20.1. The predicted octanol–water partition coefficient (Wildman–Crippen LogP) is 1.50. The molecule has 22 heavy (non-hydrogen) atoms. The molecule has 1 saturated heterocycles. The number of likely N-dealkylation sites (N-methyl/N-ethyl adjacent to an activating group) is 1. The van der Waals surface area contributed by atoms with Gasteiger partial charge in [-0.25, -0.2) is 0 Å². The molecule has 4 nitrogen and oxygen atoms in total. The van der Waals surface area contributed by atoms with Crippen LogP contribution in [-0.4, -0.2) is 50.3 Å². The fourth-order valence-electron chi connectivity index (χ4n) is 4.44. The first kappa shape index (κ1) is 7.37. The summed E-state index contributed by atoms with van der Waals surface area (Å²) in [5.74, 6) is -0.900. The zero-order chi connectivity index (χ0) is 21.9. The van der Waals surface area contributed by atoms with Crippen molar-refractivity contribution in [3.63, 3.8) is 0 Å². The lowest BCUT2D eigenvalue weighted by Crippen LogP contribution is -2.64. The molecule has 5 atom stereocenters. The second kappa shape index (κ2) is 4.06. The largest absolute Gasteiger partial charge is 0.493 e. The van der Waals surface area contributed by atoms with Crippen molar-refractivity contribution in [1.29, 1.82) is 1.43 Å². The molecule has 0 saturated carbocycles. The number of hydrogen-bond donors (Lipinski definition) is 1. The van der Waals surface area contributed by atoms with Crippen LogP contribution in [0.2, 0.25) is 0 Å². The Morgan fingerprint density at radius 3 is 3.41 bits per heavy atom. The van der Waals surface area contributed by atoms with Crippen LogP contribution < -0.4 is 9.47 Å². The van der Waals surface area contributed by atoms with E-state index < -0.39 is 42.9 Å². The Balaban J connectivity index is 1.88. The number of aliphatic hydroxyl groups excluding tert-OH is 1. The molecular formula is C18H21NO3. The van der Waals surface area contributed by atoms with E-state index in [0.717, 1.165) is 0 Å². The third-order valence-electron chi connectivity index (χ3n) is 5.41. The molecule has 5 rings (SSSR count). The Morgan fingerprint density at radius 1 is 1.59 bits per heavy atom. The molecule has 2 aliphatic carbocycles. The quantitative estimate of drug-likeness (QED) is 0.841. The Morgan fingerprint density at radius 2 is 2.55 bits per heavy atom. The van der Waals surface area contributed by atoms with Gasteiger partial charge in [-0.05, 0) is 38.0 Å². The van der Waals surface area contributed by atoms with Gasteiger partial charge in [0.15, 0.2) is 11.5 Å². The molecule has 4 aliphatic rings. The monoisotopic (exact) mass is 307 g/mol. The molecule has 1 N–H and O–H groups in total. The lowest BCUT2D eigenvalue weighted by atomic mass is 9.53. The highest BCUT2D eigenvalue weighted by atomic mass is 16.5. The van der Waals surface area contributed by atoms with Crippen LogP contribution in [0.1, 0.15) is 27.1 Å². The molecule has 4 heteroatoms. The number of rotatable bonds is 2. The summed E-state index contributed by atoms with van der Waals surface area (Å²) < 4.78 is 77.5. The molecule has 1 fully saturated rings. The van der Waals surface area contributed by atoms with Crippen molar-refractivity contribution in [2.24, 2.45) is 5.92 Å². The maximum atomic E-state index is 9.28. The Kier molecular flexibility index (Phi) is 1.36. The highest BCUT2D eigenvalue weighted by Gasteiger charge is 2.64. The molecule has 1 spiro atoms. The van der Waals surface area contributed by atoms with Gasteiger partial charge in [0.1, 0.15) is 12.2 Å². The first-order chi connectivity index (χ1) is 13.8. The van der Waals surface area contributed by atoms with Gasteiger partial charge in [-0.15, -0.1) is 0 Å². The van der Waals surface area contributed by atoms with E-state index in [1.807, 2.05) is 0 Å². The van der Waals surface area contributed by atoms with Crippen molar-refractivity contribution in [2.75, 3.05) is 20.6 Å². The van der Waals surface area contributed by atoms with E-state index >= 15 is 0 Å². The van der Waals surface area contributed by atoms with Crippen LogP contribution in [0, 0.1) is 5.92 Å². The Hall–Kier alpha value is -1.52. The van der Waals surface area contributed by atoms with Gasteiger partial charge in [0.25, 0.3) is 0 Å². The van der Waals surface area contributed by atoms with E-state index in [-0.39, 0.29) is 17.1 Å². The molecule has 0 aromatic heterocycles. The maximum Gasteiger partial charge on any atom is 0.211 e. The zero-order valence-corrected chi connectivity index (χ0v) is 12.1. The third-order valence-corrected chi connectivity index (χ3v) is 5.41. The van der Waals surface area contributed by atoms with Gasteiger partial charge in [0, 0.05) is 27.0 Å². The molecule has 0 radical (unpaired) electrons. The van der Waals surface area contributed by atoms with Gasteiger partial charge in [-0.1, -0.05) is 18.2 Å². The van der Waals surface area contributed by atoms with Gasteiger partial charge in [-0.2, -0.15) is 0 Å². The molecule has 1 aromatic rings. The minimum Gasteiger partial charge on any atom is -0.493 e. The SMILES string of the molecule is [2H]OC1C=C[C@@H]2[C@@]34CCN(C)[C@]2([2H])C([2H])([2H])c2ccc(OC([2H])([2H])[2H])c(c23)OC14[2H]. The number of hydrogen-bond acceptors (Lipinski definition) is 4. The molecule has 116 valence electrons. The lowest BCUT2D eigenvalue weighted by molar-refractivity contribution is -0.0453. The molecular weight excluding hydrogens is 278 g/mol. The van der Waals surface area contributed by atoms with E-state index in [1.54, 1.807) is 18.0 Å². The Bertz CT molecular complexity index is 967. The number of benzene rings is 1. The lowest BCUT2D eigenvalue weighted by Gasteiger charge is -2.56. The number of piperidine rings is 1. The highest BCUT2D eigenvalue weighted by molar-refractivity contribution is 5.62. The molecule has 2 heterocycles. The van der Waals surface area contributed by atoms with Crippen molar-refractivity contribution in [3.05, 3.63) is 35.4 Å². The van der Waals surface area contributed by atoms with Crippen LogP contribution >= 0.6 is 0 Å². The average molecular weight is 307 g/mol. The normalized spacial score (nSPS) is 55.9. The standard InChI is InChI=1S/C18H21NO3/c1-19-8-7-18-11-4-5-13(20)17(18)22-16-14(21-2)6-3-10(15(16)18)9-12(11)19/h3-6,11-13,17,20H,7-9H2,1-2H3/t11-,12+,13?,17?,18-/m0/s1/i2D3,9D2,12D,17D,20D. The van der Waals surface area contributed by atoms with Gasteiger partial charge in [-0.3, -0.25) is 0 Å². The summed E-state index contributed by atoms with van der Waals surface area (Å²) in [6, 6.07) is 1.02. The predicted molar refractivity (Wildman–Crippen MR) is 82.5 cm³/mol. The van der Waals surface area contributed by atoms with Crippen LogP contribution in [0.25, 0.3) is 0 Å². The maximum absolute atomic E-state index is 9.28. The summed E-state index contributed by atoms with van der Waals surface area (Å²) in [6.45, 7) is 0.325. The van der Waals surface area contributed by atoms with E-state index in [1.165, 1.54) is 18.2 Å². The molecule has 2 bridgehead atoms. The third kappa shape index (κ3) is 1.28. The second-order valence-electron chi connectivity index (χ2n) is 6.32. The van der Waals surface area contributed by atoms with Crippen molar-refractivity contribution in [1.82, 2.24) is 4.90 Å². The molecule has 0 amide bonds. The first-order valence-corrected chi connectivity index (χ1v) is 7.42. The minimum absolute atomic E-state index is 0.00940. The first-order valence-electron chi connectivity index (χ1n) is 11.3. The summed E-state index contributed by atoms with van der Waals surface area (Å²) in [6.07, 6.45) is -1.63. The summed E-state index contributed by atoms with van der Waals surface area (Å²) in [5, 5.41) is 4.82. The average Bonchev–Trinajstić information content (AvgIpc) is 2.92. The molecule has 2 aliphatic heterocycles. The number of ether oxygens (including phenoxy) is 2. The number of nitrogens with zero attached hydrogens (tertiary/aromatic N) is 1. The molecule has 1 aromatic carbocycles. The van der Waals surface area contributed by atoms with Gasteiger partial charge >= 0.3 is 0 Å². The van der Waals surface area contributed by atoms with Crippen LogP contribution in [0.5, 0.6) is 11.5 Å². The van der Waals surface area contributed by atoms with E-state index in [4.69, 9.17) is 22.9 Å². The van der Waals surface area contributed by atoms with E-state index in [0.29, 0.717) is 18.5 Å². The number of likely N-dealkylation sites (tertiary alicyclic amines) is 1. The van der Waals surface area contributed by atoms with Crippen molar-refractivity contribution in [3.8, 4) is 11.5 Å². The summed E-state index contributed by atoms with van der Waals surface area (Å²) >= 11 is 0. The number of aliphatic hydroxyl groups is 1. The number of methoxy groups -OCH3 is 1. The fraction of sp³-hybridized carbons (Fsp3) is 0.556. The van der Waals surface area contributed by atoms with E-state index in [9.17, 15) is 2.74 Å². The highest BCUT2D eigenvalue weighted by Crippen LogP contribution is 2.62. The summed E-state index contributed by atoms with van der Waals surface area (Å²) in [5.41, 5.74) is -0.649. The van der Waals surface area contributed by atoms with E-state index in [2.05, 4.69) is 0 Å². The smallest absolute Gasteiger partial charge is 0.211 e. The topological polar surface area (TPSA) is 41.9 Å². The van der Waals surface area contributed by atoms with Crippen molar-refractivity contribution < 1.29 is 24.2 Å². The minimum atomic E-state index is -2.77. The van der Waals surface area contributed by atoms with Crippen molar-refractivity contribution in [2.45, 2.75) is 36.4 Å². The van der Waals surface area contributed by atoms with Gasteiger partial charge < -0.3 is 19.5 Å².